The number of hydrogen-bond donors (Lipinski definition) is 0. The smallest absolute Gasteiger partial charge is 0.340 e. The van der Waals surface area contributed by atoms with Crippen LogP contribution in [0, 0.1) is 22.6 Å². The van der Waals surface area contributed by atoms with E-state index >= 15 is 0 Å². The normalized spacial score (nSPS) is 23.5. The first-order chi connectivity index (χ1) is 13.7. The van der Waals surface area contributed by atoms with Gasteiger partial charge >= 0.3 is 6.18 Å². The van der Waals surface area contributed by atoms with Gasteiger partial charge in [-0.15, -0.1) is 0 Å². The van der Waals surface area contributed by atoms with Gasteiger partial charge < -0.3 is 9.42 Å². The molecule has 10 heteroatoms. The van der Waals surface area contributed by atoms with E-state index in [4.69, 9.17) is 4.52 Å². The quantitative estimate of drug-likeness (QED) is 0.725. The second kappa shape index (κ2) is 6.54. The molecule has 29 heavy (non-hydrogen) atoms. The highest BCUT2D eigenvalue weighted by Gasteiger charge is 2.64. The summed E-state index contributed by atoms with van der Waals surface area (Å²) in [5.74, 6) is -2.00. The third-order valence-corrected chi connectivity index (χ3v) is 5.85. The number of carbonyl (C=O) groups excluding carboxylic acids is 1. The standard InChI is InChI=1S/C19H16F4N4O2/c20-13-4-1-3-12(9-13)14-25-15(29-26-14)18(19(21,22)23)7-8-27(11-18)16(28)17(10-24)5-2-6-17/h1,3-4,9H,2,5-8,11H2. The fraction of sp³-hybridized carbons (Fsp3) is 0.474. The van der Waals surface area contributed by atoms with Gasteiger partial charge in [-0.3, -0.25) is 4.79 Å². The van der Waals surface area contributed by atoms with Gasteiger partial charge in [-0.1, -0.05) is 17.3 Å². The van der Waals surface area contributed by atoms with Gasteiger partial charge in [-0.25, -0.2) is 4.39 Å². The van der Waals surface area contributed by atoms with Crippen molar-refractivity contribution >= 4 is 5.91 Å². The molecule has 1 saturated carbocycles. The summed E-state index contributed by atoms with van der Waals surface area (Å²) in [4.78, 5) is 17.7. The van der Waals surface area contributed by atoms with E-state index in [1.807, 2.05) is 6.07 Å². The molecule has 0 radical (unpaired) electrons. The Kier molecular flexibility index (Phi) is 4.37. The largest absolute Gasteiger partial charge is 0.405 e. The number of carbonyl (C=O) groups is 1. The maximum atomic E-state index is 14.1. The Morgan fingerprint density at radius 1 is 1.28 bits per heavy atom. The van der Waals surface area contributed by atoms with Crippen LogP contribution in [0.25, 0.3) is 11.4 Å². The Bertz CT molecular complexity index is 993. The van der Waals surface area contributed by atoms with Gasteiger partial charge in [0.05, 0.1) is 6.07 Å². The Morgan fingerprint density at radius 2 is 2.03 bits per heavy atom. The molecule has 1 aromatic heterocycles. The number of halogens is 4. The van der Waals surface area contributed by atoms with E-state index in [2.05, 4.69) is 10.1 Å². The summed E-state index contributed by atoms with van der Waals surface area (Å²) in [6.07, 6.45) is -3.82. The van der Waals surface area contributed by atoms with E-state index < -0.39 is 47.6 Å². The Labute approximate surface area is 163 Å². The van der Waals surface area contributed by atoms with Crippen molar-refractivity contribution in [2.75, 3.05) is 13.1 Å². The second-order valence-electron chi connectivity index (χ2n) is 7.54. The lowest BCUT2D eigenvalue weighted by atomic mass is 9.69. The molecule has 1 aliphatic heterocycles. The average Bonchev–Trinajstić information content (AvgIpc) is 3.29. The molecular weight excluding hydrogens is 392 g/mol. The summed E-state index contributed by atoms with van der Waals surface area (Å²) in [7, 11) is 0. The molecule has 152 valence electrons. The molecule has 2 heterocycles. The number of nitriles is 1. The first kappa shape index (κ1) is 19.4. The maximum absolute atomic E-state index is 14.1. The van der Waals surface area contributed by atoms with E-state index in [9.17, 15) is 27.6 Å². The molecule has 1 aliphatic carbocycles. The van der Waals surface area contributed by atoms with Gasteiger partial charge in [-0.2, -0.15) is 23.4 Å². The van der Waals surface area contributed by atoms with Crippen LogP contribution in [-0.4, -0.2) is 40.2 Å². The lowest BCUT2D eigenvalue weighted by molar-refractivity contribution is -0.194. The molecule has 0 bridgehead atoms. The number of likely N-dealkylation sites (tertiary alicyclic amines) is 1. The molecule has 1 unspecified atom stereocenters. The van der Waals surface area contributed by atoms with Gasteiger partial charge in [0, 0.05) is 18.7 Å². The summed E-state index contributed by atoms with van der Waals surface area (Å²) in [5.41, 5.74) is -3.58. The van der Waals surface area contributed by atoms with Gasteiger partial charge in [0.15, 0.2) is 5.41 Å². The summed E-state index contributed by atoms with van der Waals surface area (Å²) < 4.78 is 60.7. The van der Waals surface area contributed by atoms with Gasteiger partial charge in [0.25, 0.3) is 0 Å². The first-order valence-corrected chi connectivity index (χ1v) is 9.08. The molecule has 1 atom stereocenters. The monoisotopic (exact) mass is 408 g/mol. The van der Waals surface area contributed by atoms with Crippen LogP contribution in [0.1, 0.15) is 31.6 Å². The number of benzene rings is 1. The summed E-state index contributed by atoms with van der Waals surface area (Å²) in [5, 5.41) is 12.9. The second-order valence-corrected chi connectivity index (χ2v) is 7.54. The number of amides is 1. The van der Waals surface area contributed by atoms with Crippen LogP contribution in [-0.2, 0) is 10.2 Å². The highest BCUT2D eigenvalue weighted by Crippen LogP contribution is 2.50. The molecule has 2 aliphatic rings. The molecular formula is C19H16F4N4O2. The predicted octanol–water partition coefficient (Wildman–Crippen LogP) is 3.60. The highest BCUT2D eigenvalue weighted by molar-refractivity contribution is 5.86. The van der Waals surface area contributed by atoms with Crippen LogP contribution in [0.4, 0.5) is 17.6 Å². The molecule has 6 nitrogen and oxygen atoms in total. The van der Waals surface area contributed by atoms with E-state index in [-0.39, 0.29) is 17.9 Å². The molecule has 4 rings (SSSR count). The number of nitrogens with zero attached hydrogens (tertiary/aromatic N) is 4. The summed E-state index contributed by atoms with van der Waals surface area (Å²) >= 11 is 0. The Hall–Kier alpha value is -2.96. The van der Waals surface area contributed by atoms with Gasteiger partial charge in [-0.05, 0) is 37.8 Å². The zero-order valence-electron chi connectivity index (χ0n) is 15.2. The minimum atomic E-state index is -4.76. The predicted molar refractivity (Wildman–Crippen MR) is 90.5 cm³/mol. The Morgan fingerprint density at radius 3 is 2.62 bits per heavy atom. The molecule has 1 saturated heterocycles. The average molecular weight is 408 g/mol. The lowest BCUT2D eigenvalue weighted by Crippen LogP contribution is -2.50. The van der Waals surface area contributed by atoms with Crippen LogP contribution in [0.2, 0.25) is 0 Å². The molecule has 0 N–H and O–H groups in total. The van der Waals surface area contributed by atoms with Crippen molar-refractivity contribution in [3.63, 3.8) is 0 Å². The summed E-state index contributed by atoms with van der Waals surface area (Å²) in [6, 6.07) is 7.09. The Balaban J connectivity index is 1.66. The SMILES string of the molecule is N#CC1(C(=O)N2CCC(c3nc(-c4cccc(F)c4)no3)(C(F)(F)F)C2)CCC1. The van der Waals surface area contributed by atoms with Crippen LogP contribution in [0.3, 0.4) is 0 Å². The van der Waals surface area contributed by atoms with Crippen molar-refractivity contribution in [3.05, 3.63) is 36.0 Å². The van der Waals surface area contributed by atoms with Crippen molar-refractivity contribution in [1.29, 1.82) is 5.26 Å². The van der Waals surface area contributed by atoms with Gasteiger partial charge in [0.1, 0.15) is 11.2 Å². The van der Waals surface area contributed by atoms with Crippen molar-refractivity contribution in [3.8, 4) is 17.5 Å². The number of hydrogen-bond acceptors (Lipinski definition) is 5. The fourth-order valence-electron chi connectivity index (χ4n) is 3.88. The van der Waals surface area contributed by atoms with Crippen molar-refractivity contribution in [2.24, 2.45) is 5.41 Å². The zero-order valence-corrected chi connectivity index (χ0v) is 15.2. The third kappa shape index (κ3) is 2.96. The minimum absolute atomic E-state index is 0.166. The number of rotatable bonds is 3. The third-order valence-electron chi connectivity index (χ3n) is 5.85. The molecule has 1 amide bonds. The molecule has 2 fully saturated rings. The molecule has 1 aromatic carbocycles. The van der Waals surface area contributed by atoms with Crippen molar-refractivity contribution in [2.45, 2.75) is 37.3 Å². The minimum Gasteiger partial charge on any atom is -0.340 e. The summed E-state index contributed by atoms with van der Waals surface area (Å²) in [6.45, 7) is -0.858. The number of aromatic nitrogens is 2. The van der Waals surface area contributed by atoms with Gasteiger partial charge in [0.2, 0.25) is 17.6 Å². The zero-order chi connectivity index (χ0) is 20.9. The van der Waals surface area contributed by atoms with Crippen molar-refractivity contribution in [1.82, 2.24) is 15.0 Å². The van der Waals surface area contributed by atoms with Crippen LogP contribution < -0.4 is 0 Å². The van der Waals surface area contributed by atoms with E-state index in [1.165, 1.54) is 18.2 Å². The highest BCUT2D eigenvalue weighted by atomic mass is 19.4. The first-order valence-electron chi connectivity index (χ1n) is 9.08. The number of alkyl halides is 3. The van der Waals surface area contributed by atoms with E-state index in [0.717, 1.165) is 11.0 Å². The van der Waals surface area contributed by atoms with Crippen LogP contribution >= 0.6 is 0 Å². The van der Waals surface area contributed by atoms with E-state index in [1.54, 1.807) is 0 Å². The van der Waals surface area contributed by atoms with Crippen LogP contribution in [0.15, 0.2) is 28.8 Å². The van der Waals surface area contributed by atoms with E-state index in [0.29, 0.717) is 19.3 Å². The topological polar surface area (TPSA) is 83.0 Å². The van der Waals surface area contributed by atoms with Crippen molar-refractivity contribution < 1.29 is 26.9 Å². The maximum Gasteiger partial charge on any atom is 0.405 e. The molecule has 2 aromatic rings. The lowest BCUT2D eigenvalue weighted by Gasteiger charge is -2.37. The fourth-order valence-corrected chi connectivity index (χ4v) is 3.88. The van der Waals surface area contributed by atoms with Crippen LogP contribution in [0.5, 0.6) is 0 Å². The molecule has 0 spiro atoms.